The van der Waals surface area contributed by atoms with Gasteiger partial charge in [0.15, 0.2) is 0 Å². The van der Waals surface area contributed by atoms with E-state index in [9.17, 15) is 4.79 Å². The molecule has 5 nitrogen and oxygen atoms in total. The van der Waals surface area contributed by atoms with Crippen molar-refractivity contribution >= 4 is 11.7 Å². The first-order chi connectivity index (χ1) is 12.3. The Balaban J connectivity index is 1.53. The number of hydrogen-bond acceptors (Lipinski definition) is 4. The Bertz CT molecular complexity index is 797. The zero-order chi connectivity index (χ0) is 17.2. The molecule has 3 heterocycles. The van der Waals surface area contributed by atoms with Crippen molar-refractivity contribution in [3.05, 3.63) is 59.8 Å². The van der Waals surface area contributed by atoms with Crippen LogP contribution >= 0.6 is 0 Å². The summed E-state index contributed by atoms with van der Waals surface area (Å²) < 4.78 is 0. The van der Waals surface area contributed by atoms with Crippen LogP contribution in [0.5, 0.6) is 0 Å². The second kappa shape index (κ2) is 6.56. The predicted molar refractivity (Wildman–Crippen MR) is 95.2 cm³/mol. The number of carbonyl (C=O) groups is 1. The number of hydrogen-bond donors (Lipinski definition) is 0. The summed E-state index contributed by atoms with van der Waals surface area (Å²) in [6, 6.07) is 15.2. The standard InChI is InChI=1S/C20H20N4O/c21-13-15-4-6-17(7-5-15)20(25)24-12-9-16-8-11-23(14-18(16)24)19-3-1-2-10-22-19/h1-7,10,16,18H,8-9,11-12,14H2. The lowest BCUT2D eigenvalue weighted by Crippen LogP contribution is -2.50. The third-order valence-corrected chi connectivity index (χ3v) is 5.36. The highest BCUT2D eigenvalue weighted by molar-refractivity contribution is 5.94. The minimum atomic E-state index is 0.0693. The summed E-state index contributed by atoms with van der Waals surface area (Å²) in [6.07, 6.45) is 3.98. The van der Waals surface area contributed by atoms with Gasteiger partial charge in [0.1, 0.15) is 5.82 Å². The summed E-state index contributed by atoms with van der Waals surface area (Å²) >= 11 is 0. The van der Waals surface area contributed by atoms with Crippen LogP contribution in [0.15, 0.2) is 48.7 Å². The average Bonchev–Trinajstić information content (AvgIpc) is 3.11. The van der Waals surface area contributed by atoms with Crippen molar-refractivity contribution in [3.63, 3.8) is 0 Å². The lowest BCUT2D eigenvalue weighted by molar-refractivity contribution is 0.0712. The van der Waals surface area contributed by atoms with E-state index in [2.05, 4.69) is 16.0 Å². The summed E-state index contributed by atoms with van der Waals surface area (Å²) in [5.41, 5.74) is 1.24. The topological polar surface area (TPSA) is 60.2 Å². The number of fused-ring (bicyclic) bond motifs is 1. The number of nitrogens with zero attached hydrogens (tertiary/aromatic N) is 4. The van der Waals surface area contributed by atoms with Crippen LogP contribution < -0.4 is 4.90 Å². The van der Waals surface area contributed by atoms with Gasteiger partial charge in [-0.25, -0.2) is 4.98 Å². The lowest BCUT2D eigenvalue weighted by Gasteiger charge is -2.39. The van der Waals surface area contributed by atoms with Crippen molar-refractivity contribution in [1.82, 2.24) is 9.88 Å². The third-order valence-electron chi connectivity index (χ3n) is 5.36. The molecule has 4 rings (SSSR count). The first-order valence-corrected chi connectivity index (χ1v) is 8.73. The molecule has 25 heavy (non-hydrogen) atoms. The Hall–Kier alpha value is -2.87. The van der Waals surface area contributed by atoms with Crippen LogP contribution in [0.4, 0.5) is 5.82 Å². The van der Waals surface area contributed by atoms with E-state index in [0.717, 1.165) is 38.3 Å². The molecule has 0 N–H and O–H groups in total. The highest BCUT2D eigenvalue weighted by Gasteiger charge is 2.41. The van der Waals surface area contributed by atoms with E-state index < -0.39 is 0 Å². The highest BCUT2D eigenvalue weighted by atomic mass is 16.2. The molecule has 2 aromatic rings. The molecule has 0 saturated carbocycles. The maximum atomic E-state index is 13.0. The van der Waals surface area contributed by atoms with Crippen molar-refractivity contribution in [3.8, 4) is 6.07 Å². The number of amides is 1. The highest BCUT2D eigenvalue weighted by Crippen LogP contribution is 2.34. The fraction of sp³-hybridized carbons (Fsp3) is 0.350. The molecule has 2 aliphatic rings. The van der Waals surface area contributed by atoms with Crippen LogP contribution in [0, 0.1) is 17.2 Å². The molecule has 1 amide bonds. The van der Waals surface area contributed by atoms with Gasteiger partial charge in [0.25, 0.3) is 5.91 Å². The van der Waals surface area contributed by atoms with Crippen LogP contribution in [0.1, 0.15) is 28.8 Å². The van der Waals surface area contributed by atoms with E-state index in [-0.39, 0.29) is 11.9 Å². The predicted octanol–water partition coefficient (Wildman–Crippen LogP) is 2.69. The Morgan fingerprint density at radius 3 is 2.64 bits per heavy atom. The largest absolute Gasteiger partial charge is 0.355 e. The molecule has 0 bridgehead atoms. The van der Waals surface area contributed by atoms with E-state index in [4.69, 9.17) is 5.26 Å². The molecule has 0 radical (unpaired) electrons. The van der Waals surface area contributed by atoms with Crippen molar-refractivity contribution in [2.75, 3.05) is 24.5 Å². The maximum absolute atomic E-state index is 13.0. The van der Waals surface area contributed by atoms with E-state index in [1.54, 1.807) is 24.3 Å². The maximum Gasteiger partial charge on any atom is 0.254 e. The summed E-state index contributed by atoms with van der Waals surface area (Å²) in [4.78, 5) is 21.7. The van der Waals surface area contributed by atoms with Gasteiger partial charge in [-0.1, -0.05) is 6.07 Å². The summed E-state index contributed by atoms with van der Waals surface area (Å²) in [5, 5.41) is 8.91. The van der Waals surface area contributed by atoms with Gasteiger partial charge >= 0.3 is 0 Å². The Labute approximate surface area is 147 Å². The molecule has 1 aromatic carbocycles. The molecular formula is C20H20N4O. The average molecular weight is 332 g/mol. The normalized spacial score (nSPS) is 22.4. The molecule has 0 spiro atoms. The minimum Gasteiger partial charge on any atom is -0.355 e. The van der Waals surface area contributed by atoms with E-state index >= 15 is 0 Å². The van der Waals surface area contributed by atoms with Gasteiger partial charge in [0, 0.05) is 31.4 Å². The van der Waals surface area contributed by atoms with Gasteiger partial charge in [0.2, 0.25) is 0 Å². The number of aromatic nitrogens is 1. The van der Waals surface area contributed by atoms with Crippen LogP contribution in [0.25, 0.3) is 0 Å². The number of benzene rings is 1. The monoisotopic (exact) mass is 332 g/mol. The number of likely N-dealkylation sites (tertiary alicyclic amines) is 1. The fourth-order valence-electron chi connectivity index (χ4n) is 3.99. The number of rotatable bonds is 2. The van der Waals surface area contributed by atoms with Gasteiger partial charge in [0.05, 0.1) is 17.7 Å². The third kappa shape index (κ3) is 2.96. The second-order valence-electron chi connectivity index (χ2n) is 6.73. The van der Waals surface area contributed by atoms with E-state index in [1.807, 2.05) is 29.3 Å². The Kier molecular flexibility index (Phi) is 4.10. The Morgan fingerprint density at radius 2 is 1.92 bits per heavy atom. The lowest BCUT2D eigenvalue weighted by atomic mass is 9.92. The van der Waals surface area contributed by atoms with Gasteiger partial charge in [-0.2, -0.15) is 5.26 Å². The number of anilines is 1. The molecule has 2 fully saturated rings. The SMILES string of the molecule is N#Cc1ccc(C(=O)N2CCC3CCN(c4ccccn4)CC32)cc1. The van der Waals surface area contributed by atoms with Crippen molar-refractivity contribution in [2.45, 2.75) is 18.9 Å². The first-order valence-electron chi connectivity index (χ1n) is 8.73. The molecule has 2 saturated heterocycles. The van der Waals surface area contributed by atoms with Gasteiger partial charge in [-0.15, -0.1) is 0 Å². The Morgan fingerprint density at radius 1 is 1.12 bits per heavy atom. The van der Waals surface area contributed by atoms with Crippen molar-refractivity contribution in [2.24, 2.45) is 5.92 Å². The van der Waals surface area contributed by atoms with Crippen molar-refractivity contribution < 1.29 is 4.79 Å². The minimum absolute atomic E-state index is 0.0693. The van der Waals surface area contributed by atoms with Crippen LogP contribution in [-0.2, 0) is 0 Å². The second-order valence-corrected chi connectivity index (χ2v) is 6.73. The fourth-order valence-corrected chi connectivity index (χ4v) is 3.99. The number of piperidine rings is 1. The van der Waals surface area contributed by atoms with Crippen LogP contribution in [-0.4, -0.2) is 41.5 Å². The summed E-state index contributed by atoms with van der Waals surface area (Å²) in [5.74, 6) is 1.63. The molecule has 126 valence electrons. The molecule has 5 heteroatoms. The summed E-state index contributed by atoms with van der Waals surface area (Å²) in [6.45, 7) is 2.64. The number of pyridine rings is 1. The van der Waals surface area contributed by atoms with Gasteiger partial charge in [-0.05, 0) is 55.2 Å². The molecule has 2 atom stereocenters. The molecule has 2 unspecified atom stereocenters. The molecule has 2 aliphatic heterocycles. The van der Waals surface area contributed by atoms with Crippen molar-refractivity contribution in [1.29, 1.82) is 5.26 Å². The zero-order valence-electron chi connectivity index (χ0n) is 14.0. The van der Waals surface area contributed by atoms with Gasteiger partial charge in [-0.3, -0.25) is 4.79 Å². The van der Waals surface area contributed by atoms with Crippen LogP contribution in [0.2, 0.25) is 0 Å². The van der Waals surface area contributed by atoms with Crippen LogP contribution in [0.3, 0.4) is 0 Å². The quantitative estimate of drug-likeness (QED) is 0.848. The molecule has 1 aromatic heterocycles. The van der Waals surface area contributed by atoms with E-state index in [1.165, 1.54) is 0 Å². The number of nitriles is 1. The van der Waals surface area contributed by atoms with Gasteiger partial charge < -0.3 is 9.80 Å². The summed E-state index contributed by atoms with van der Waals surface area (Å²) in [7, 11) is 0. The first kappa shape index (κ1) is 15.6. The zero-order valence-corrected chi connectivity index (χ0v) is 14.0. The number of carbonyl (C=O) groups excluding carboxylic acids is 1. The molecular weight excluding hydrogens is 312 g/mol. The molecule has 0 aliphatic carbocycles. The smallest absolute Gasteiger partial charge is 0.254 e. The van der Waals surface area contributed by atoms with E-state index in [0.29, 0.717) is 17.0 Å².